The van der Waals surface area contributed by atoms with E-state index < -0.39 is 0 Å². The zero-order valence-corrected chi connectivity index (χ0v) is 13.4. The maximum Gasteiger partial charge on any atom is 0.217 e. The highest BCUT2D eigenvalue weighted by molar-refractivity contribution is 5.85. The molecule has 1 amide bonds. The Bertz CT molecular complexity index is 307. The molecule has 3 heteroatoms. The molecule has 0 heterocycles. The van der Waals surface area contributed by atoms with Crippen molar-refractivity contribution in [2.45, 2.75) is 77.0 Å². The molecule has 4 fully saturated rings. The van der Waals surface area contributed by atoms with E-state index in [1.165, 1.54) is 25.7 Å². The molecule has 2 N–H and O–H groups in total. The zero-order chi connectivity index (χ0) is 13.3. The number of rotatable bonds is 7. The number of primary amides is 1. The van der Waals surface area contributed by atoms with Crippen LogP contribution in [0.1, 0.15) is 77.0 Å². The Kier molecular flexibility index (Phi) is 5.39. The Hall–Kier alpha value is -0.240. The number of hydrogen-bond acceptors (Lipinski definition) is 1. The molecular weight excluding hydrogens is 270 g/mol. The number of carbonyl (C=O) groups is 1. The van der Waals surface area contributed by atoms with E-state index in [9.17, 15) is 4.79 Å². The summed E-state index contributed by atoms with van der Waals surface area (Å²) in [6.07, 6.45) is 16.2. The highest BCUT2D eigenvalue weighted by Gasteiger charge is 2.50. The summed E-state index contributed by atoms with van der Waals surface area (Å²) < 4.78 is 0. The first-order chi connectivity index (χ1) is 9.15. The van der Waals surface area contributed by atoms with Crippen molar-refractivity contribution in [3.63, 3.8) is 0 Å². The summed E-state index contributed by atoms with van der Waals surface area (Å²) in [6.45, 7) is 0. The van der Waals surface area contributed by atoms with Crippen LogP contribution in [0, 0.1) is 23.2 Å². The lowest BCUT2D eigenvalue weighted by Gasteiger charge is -2.57. The Balaban J connectivity index is 0.00000147. The molecule has 0 aromatic rings. The fourth-order valence-corrected chi connectivity index (χ4v) is 5.75. The SMILES string of the molecule is Cl.NC(=O)CCCCCCC12CC3CC(CC(C3)C1)C2. The van der Waals surface area contributed by atoms with Crippen molar-refractivity contribution in [1.82, 2.24) is 0 Å². The van der Waals surface area contributed by atoms with Crippen molar-refractivity contribution >= 4 is 18.3 Å². The number of halogens is 1. The predicted molar refractivity (Wildman–Crippen MR) is 84.7 cm³/mol. The molecule has 4 saturated carbocycles. The van der Waals surface area contributed by atoms with Crippen LogP contribution in [-0.4, -0.2) is 5.91 Å². The first-order valence-corrected chi connectivity index (χ1v) is 8.43. The van der Waals surface area contributed by atoms with Crippen LogP contribution < -0.4 is 5.73 Å². The van der Waals surface area contributed by atoms with Crippen LogP contribution in [0.15, 0.2) is 0 Å². The summed E-state index contributed by atoms with van der Waals surface area (Å²) >= 11 is 0. The van der Waals surface area contributed by atoms with E-state index >= 15 is 0 Å². The van der Waals surface area contributed by atoms with E-state index in [0.717, 1.165) is 29.6 Å². The molecule has 0 aromatic carbocycles. The fraction of sp³-hybridized carbons (Fsp3) is 0.941. The summed E-state index contributed by atoms with van der Waals surface area (Å²) in [5, 5.41) is 0. The molecule has 116 valence electrons. The van der Waals surface area contributed by atoms with Crippen LogP contribution in [0.2, 0.25) is 0 Å². The van der Waals surface area contributed by atoms with E-state index in [-0.39, 0.29) is 18.3 Å². The third-order valence-corrected chi connectivity index (χ3v) is 6.05. The van der Waals surface area contributed by atoms with Gasteiger partial charge >= 0.3 is 0 Å². The zero-order valence-electron chi connectivity index (χ0n) is 12.6. The van der Waals surface area contributed by atoms with Gasteiger partial charge in [0.05, 0.1) is 0 Å². The molecule has 0 spiro atoms. The lowest BCUT2D eigenvalue weighted by atomic mass is 9.48. The molecular formula is C17H30ClNO. The van der Waals surface area contributed by atoms with Gasteiger partial charge in [0, 0.05) is 6.42 Å². The molecule has 0 saturated heterocycles. The van der Waals surface area contributed by atoms with Crippen molar-refractivity contribution in [2.24, 2.45) is 28.9 Å². The molecule has 0 radical (unpaired) electrons. The molecule has 2 nitrogen and oxygen atoms in total. The minimum absolute atomic E-state index is 0. The van der Waals surface area contributed by atoms with E-state index in [1.807, 2.05) is 0 Å². The topological polar surface area (TPSA) is 43.1 Å². The average Bonchev–Trinajstić information content (AvgIpc) is 2.31. The van der Waals surface area contributed by atoms with Crippen LogP contribution in [0.5, 0.6) is 0 Å². The molecule has 0 atom stereocenters. The first-order valence-electron chi connectivity index (χ1n) is 8.43. The van der Waals surface area contributed by atoms with Gasteiger partial charge in [-0.05, 0) is 74.5 Å². The number of carbonyl (C=O) groups excluding carboxylic acids is 1. The summed E-state index contributed by atoms with van der Waals surface area (Å²) in [4.78, 5) is 10.7. The molecule has 0 aliphatic heterocycles. The fourth-order valence-electron chi connectivity index (χ4n) is 5.75. The van der Waals surface area contributed by atoms with Crippen molar-refractivity contribution in [3.05, 3.63) is 0 Å². The normalized spacial score (nSPS) is 37.7. The number of hydrogen-bond donors (Lipinski definition) is 1. The lowest BCUT2D eigenvalue weighted by Crippen LogP contribution is -2.45. The molecule has 4 rings (SSSR count). The second kappa shape index (κ2) is 6.68. The third-order valence-electron chi connectivity index (χ3n) is 6.05. The van der Waals surface area contributed by atoms with Gasteiger partial charge in [-0.2, -0.15) is 0 Å². The van der Waals surface area contributed by atoms with Crippen LogP contribution in [0.4, 0.5) is 0 Å². The van der Waals surface area contributed by atoms with Gasteiger partial charge in [-0.25, -0.2) is 0 Å². The van der Waals surface area contributed by atoms with Gasteiger partial charge < -0.3 is 5.73 Å². The molecule has 0 aromatic heterocycles. The molecule has 4 aliphatic rings. The Morgan fingerprint density at radius 1 is 0.900 bits per heavy atom. The molecule has 0 unspecified atom stereocenters. The first kappa shape index (κ1) is 16.1. The van der Waals surface area contributed by atoms with E-state index in [1.54, 1.807) is 38.5 Å². The Morgan fingerprint density at radius 2 is 1.40 bits per heavy atom. The maximum atomic E-state index is 10.7. The van der Waals surface area contributed by atoms with Gasteiger partial charge in [0.15, 0.2) is 0 Å². The monoisotopic (exact) mass is 299 g/mol. The second-order valence-electron chi connectivity index (χ2n) is 7.80. The third kappa shape index (κ3) is 3.69. The van der Waals surface area contributed by atoms with Gasteiger partial charge in [0.1, 0.15) is 0 Å². The van der Waals surface area contributed by atoms with Crippen molar-refractivity contribution in [1.29, 1.82) is 0 Å². The van der Waals surface area contributed by atoms with Gasteiger partial charge in [0.2, 0.25) is 5.91 Å². The van der Waals surface area contributed by atoms with Gasteiger partial charge in [-0.15, -0.1) is 12.4 Å². The number of amides is 1. The van der Waals surface area contributed by atoms with E-state index in [0.29, 0.717) is 6.42 Å². The Labute approximate surface area is 129 Å². The number of unbranched alkanes of at least 4 members (excludes halogenated alkanes) is 3. The van der Waals surface area contributed by atoms with Gasteiger partial charge in [-0.1, -0.05) is 19.3 Å². The van der Waals surface area contributed by atoms with Crippen molar-refractivity contribution < 1.29 is 4.79 Å². The quantitative estimate of drug-likeness (QED) is 0.693. The minimum Gasteiger partial charge on any atom is -0.370 e. The minimum atomic E-state index is -0.138. The highest BCUT2D eigenvalue weighted by Crippen LogP contribution is 2.61. The second-order valence-corrected chi connectivity index (χ2v) is 7.80. The van der Waals surface area contributed by atoms with E-state index in [4.69, 9.17) is 5.73 Å². The van der Waals surface area contributed by atoms with Crippen LogP contribution >= 0.6 is 12.4 Å². The van der Waals surface area contributed by atoms with E-state index in [2.05, 4.69) is 0 Å². The van der Waals surface area contributed by atoms with Crippen LogP contribution in [-0.2, 0) is 4.79 Å². The maximum absolute atomic E-state index is 10.7. The van der Waals surface area contributed by atoms with Crippen molar-refractivity contribution in [2.75, 3.05) is 0 Å². The standard InChI is InChI=1S/C17H29NO.ClH/c18-16(19)5-3-1-2-4-6-17-10-13-7-14(11-17)9-15(8-13)12-17;/h13-15H,1-12H2,(H2,18,19);1H. The van der Waals surface area contributed by atoms with Gasteiger partial charge in [-0.3, -0.25) is 4.79 Å². The Morgan fingerprint density at radius 3 is 1.90 bits per heavy atom. The van der Waals surface area contributed by atoms with Crippen LogP contribution in [0.25, 0.3) is 0 Å². The molecule has 20 heavy (non-hydrogen) atoms. The lowest BCUT2D eigenvalue weighted by molar-refractivity contribution is -0.118. The van der Waals surface area contributed by atoms with Crippen LogP contribution in [0.3, 0.4) is 0 Å². The largest absolute Gasteiger partial charge is 0.370 e. The molecule has 4 aliphatic carbocycles. The highest BCUT2D eigenvalue weighted by atomic mass is 35.5. The summed E-state index contributed by atoms with van der Waals surface area (Å²) in [7, 11) is 0. The predicted octanol–water partition coefficient (Wildman–Crippen LogP) is 4.45. The summed E-state index contributed by atoms with van der Waals surface area (Å²) in [5.74, 6) is 3.12. The number of nitrogens with two attached hydrogens (primary N) is 1. The summed E-state index contributed by atoms with van der Waals surface area (Å²) in [6, 6.07) is 0. The average molecular weight is 300 g/mol. The van der Waals surface area contributed by atoms with Crippen molar-refractivity contribution in [3.8, 4) is 0 Å². The summed E-state index contributed by atoms with van der Waals surface area (Å²) in [5.41, 5.74) is 5.92. The smallest absolute Gasteiger partial charge is 0.217 e. The van der Waals surface area contributed by atoms with Gasteiger partial charge in [0.25, 0.3) is 0 Å². The molecule has 4 bridgehead atoms.